The van der Waals surface area contributed by atoms with Crippen LogP contribution in [0.15, 0.2) is 43.1 Å². The number of aromatic hydroxyl groups is 1. The van der Waals surface area contributed by atoms with E-state index in [0.29, 0.717) is 24.8 Å². The van der Waals surface area contributed by atoms with Gasteiger partial charge in [-0.05, 0) is 55.3 Å². The summed E-state index contributed by atoms with van der Waals surface area (Å²) in [6.07, 6.45) is 2.39. The lowest BCUT2D eigenvalue weighted by Crippen LogP contribution is -2.62. The quantitative estimate of drug-likeness (QED) is 0.119. The van der Waals surface area contributed by atoms with E-state index in [2.05, 4.69) is 27.5 Å². The van der Waals surface area contributed by atoms with Crippen LogP contribution in [-0.2, 0) is 9.53 Å². The summed E-state index contributed by atoms with van der Waals surface area (Å²) < 4.78 is 103. The second kappa shape index (κ2) is 14.8. The number of nitrogens with zero attached hydrogens (tertiary/aromatic N) is 6. The summed E-state index contributed by atoms with van der Waals surface area (Å²) in [6.45, 7) is 3.16. The minimum atomic E-state index is -4.94. The van der Waals surface area contributed by atoms with Gasteiger partial charge in [-0.15, -0.1) is 6.42 Å². The largest absolute Gasteiger partial charge is 0.508 e. The lowest BCUT2D eigenvalue weighted by atomic mass is 9.93. The van der Waals surface area contributed by atoms with Crippen molar-refractivity contribution in [2.75, 3.05) is 51.4 Å². The molecule has 55 heavy (non-hydrogen) atoms. The summed E-state index contributed by atoms with van der Waals surface area (Å²) >= 11 is 0. The first-order chi connectivity index (χ1) is 26.3. The van der Waals surface area contributed by atoms with Crippen molar-refractivity contribution in [2.45, 2.75) is 62.1 Å². The number of halogens is 6. The highest BCUT2D eigenvalue weighted by molar-refractivity contribution is 6.03. The number of carbonyl (C=O) groups excluding carboxylic acids is 1. The fraction of sp³-hybridized carbons (Fsp3) is 0.436. The van der Waals surface area contributed by atoms with Crippen molar-refractivity contribution in [1.82, 2.24) is 24.8 Å². The van der Waals surface area contributed by atoms with Crippen molar-refractivity contribution in [3.8, 4) is 35.4 Å². The highest BCUT2D eigenvalue weighted by Crippen LogP contribution is 2.47. The molecule has 10 nitrogen and oxygen atoms in total. The number of anilines is 1. The molecular weight excluding hydrogens is 730 g/mol. The van der Waals surface area contributed by atoms with E-state index < -0.39 is 66.7 Å². The minimum Gasteiger partial charge on any atom is -0.508 e. The van der Waals surface area contributed by atoms with E-state index in [1.807, 2.05) is 0 Å². The van der Waals surface area contributed by atoms with Crippen LogP contribution in [0.4, 0.5) is 32.2 Å². The van der Waals surface area contributed by atoms with Crippen molar-refractivity contribution in [2.24, 2.45) is 0 Å². The lowest BCUT2D eigenvalue weighted by Gasteiger charge is -2.44. The third kappa shape index (κ3) is 6.88. The molecule has 0 saturated carbocycles. The van der Waals surface area contributed by atoms with Gasteiger partial charge in [-0.3, -0.25) is 14.7 Å². The number of rotatable bonds is 9. The van der Waals surface area contributed by atoms with Gasteiger partial charge < -0.3 is 24.4 Å². The zero-order chi connectivity index (χ0) is 39.2. The Hall–Kier alpha value is -5.14. The van der Waals surface area contributed by atoms with E-state index in [1.165, 1.54) is 30.5 Å². The first-order valence-corrected chi connectivity index (χ1v) is 17.9. The van der Waals surface area contributed by atoms with Gasteiger partial charge in [0.2, 0.25) is 5.91 Å². The first-order valence-electron chi connectivity index (χ1n) is 17.9. The maximum atomic E-state index is 17.0. The van der Waals surface area contributed by atoms with Crippen molar-refractivity contribution in [3.05, 3.63) is 60.3 Å². The Labute approximate surface area is 312 Å². The van der Waals surface area contributed by atoms with E-state index >= 15 is 22.0 Å². The van der Waals surface area contributed by atoms with E-state index in [4.69, 9.17) is 15.9 Å². The Balaban J connectivity index is 1.36. The molecule has 0 spiro atoms. The fourth-order valence-corrected chi connectivity index (χ4v) is 8.27. The van der Waals surface area contributed by atoms with E-state index in [1.54, 1.807) is 16.8 Å². The summed E-state index contributed by atoms with van der Waals surface area (Å²) in [5.74, 6) is -0.117. The smallest absolute Gasteiger partial charge is 0.410 e. The molecule has 4 aromatic rings. The van der Waals surface area contributed by atoms with Gasteiger partial charge in [0.25, 0.3) is 0 Å². The van der Waals surface area contributed by atoms with Crippen LogP contribution in [0.2, 0.25) is 0 Å². The molecule has 3 aliphatic rings. The number of hydrogen-bond acceptors (Lipinski definition) is 9. The Morgan fingerprint density at radius 2 is 1.98 bits per heavy atom. The second-order valence-corrected chi connectivity index (χ2v) is 14.2. The number of benzene rings is 2. The molecule has 2 aromatic carbocycles. The number of alkyl halides is 4. The van der Waals surface area contributed by atoms with E-state index in [-0.39, 0.29) is 83.7 Å². The van der Waals surface area contributed by atoms with Gasteiger partial charge in [0.1, 0.15) is 41.4 Å². The molecule has 2 aromatic heterocycles. The summed E-state index contributed by atoms with van der Waals surface area (Å²) in [6, 6.07) is 3.43. The van der Waals surface area contributed by atoms with Crippen LogP contribution in [0.5, 0.6) is 11.8 Å². The molecule has 3 atom stereocenters. The van der Waals surface area contributed by atoms with Gasteiger partial charge in [-0.2, -0.15) is 23.1 Å². The topological polar surface area (TPSA) is 104 Å². The summed E-state index contributed by atoms with van der Waals surface area (Å²) in [4.78, 5) is 30.0. The summed E-state index contributed by atoms with van der Waals surface area (Å²) in [5, 5.41) is 11.0. The number of hydrogen-bond donors (Lipinski definition) is 1. The predicted octanol–water partition coefficient (Wildman–Crippen LogP) is 6.33. The van der Waals surface area contributed by atoms with Crippen LogP contribution >= 0.6 is 0 Å². The number of pyridine rings is 1. The van der Waals surface area contributed by atoms with Gasteiger partial charge in [0, 0.05) is 75.5 Å². The molecule has 3 saturated heterocycles. The molecule has 290 valence electrons. The van der Waals surface area contributed by atoms with Gasteiger partial charge in [0.15, 0.2) is 11.4 Å². The molecule has 3 fully saturated rings. The Bertz CT molecular complexity index is 2190. The van der Waals surface area contributed by atoms with Crippen molar-refractivity contribution in [3.63, 3.8) is 0 Å². The molecule has 0 bridgehead atoms. The monoisotopic (exact) mass is 768 g/mol. The van der Waals surface area contributed by atoms with Crippen molar-refractivity contribution >= 4 is 33.4 Å². The number of ether oxygens (including phenoxy) is 2. The number of amides is 1. The Morgan fingerprint density at radius 3 is 2.69 bits per heavy atom. The molecule has 1 N–H and O–H groups in total. The van der Waals surface area contributed by atoms with E-state index in [9.17, 15) is 14.3 Å². The number of phenols is 1. The molecule has 0 unspecified atom stereocenters. The normalized spacial score (nSPS) is 22.3. The SMILES string of the molecule is C#Cc1c(F)ccc2cc(O)cc(-c3ncc4c(N(C)C[C@@H]5CCCN5C(=O)C=C)nc(OC[C@]5(C(F)(F)F)C[C@@H](F)CN5C5CCOCC5)nc4c3F)c12. The maximum Gasteiger partial charge on any atom is 0.410 e. The van der Waals surface area contributed by atoms with Crippen LogP contribution in [0.1, 0.15) is 37.7 Å². The molecule has 1 amide bonds. The van der Waals surface area contributed by atoms with Gasteiger partial charge in [-0.1, -0.05) is 18.6 Å². The number of phenolic OH excluding ortho intramolecular Hbond substituents is 1. The molecular formula is C39H38F6N6O4. The van der Waals surface area contributed by atoms with Crippen LogP contribution in [0.3, 0.4) is 0 Å². The molecule has 3 aliphatic heterocycles. The first kappa shape index (κ1) is 38.1. The lowest BCUT2D eigenvalue weighted by molar-refractivity contribution is -0.241. The third-order valence-corrected chi connectivity index (χ3v) is 10.9. The van der Waals surface area contributed by atoms with Crippen molar-refractivity contribution in [1.29, 1.82) is 0 Å². The van der Waals surface area contributed by atoms with Gasteiger partial charge in [-0.25, -0.2) is 13.2 Å². The molecule has 16 heteroatoms. The fourth-order valence-electron chi connectivity index (χ4n) is 8.27. The number of likely N-dealkylation sites (N-methyl/N-ethyl adjacent to an activating group) is 1. The minimum absolute atomic E-state index is 0.0316. The Morgan fingerprint density at radius 1 is 1.22 bits per heavy atom. The number of terminal acetylenes is 1. The van der Waals surface area contributed by atoms with Gasteiger partial charge in [0.05, 0.1) is 10.9 Å². The van der Waals surface area contributed by atoms with Crippen LogP contribution < -0.4 is 9.64 Å². The number of carbonyl (C=O) groups is 1. The number of likely N-dealkylation sites (tertiary alicyclic amines) is 2. The van der Waals surface area contributed by atoms with Crippen LogP contribution in [-0.4, -0.2) is 112 Å². The number of fused-ring (bicyclic) bond motifs is 2. The highest BCUT2D eigenvalue weighted by atomic mass is 19.4. The standard InChI is InChI=1S/C39H38F6N6O4/c1-4-27-30(41)9-8-22-15-26(52)16-28(32(22)27)34-33(42)35-29(18-46-34)36(49(3)20-25-7-6-12-50(25)31(53)5-2)48-37(47-35)55-21-38(39(43,44)45)17-23(40)19-51(38)24-10-13-54-14-11-24/h1,5,8-9,15-16,18,23-25,52H,2,6-7,10-14,17,19-21H2,3H3/t23-,25+,38+/m1/s1. The molecule has 7 rings (SSSR count). The van der Waals surface area contributed by atoms with E-state index in [0.717, 1.165) is 11.0 Å². The Kier molecular flexibility index (Phi) is 10.3. The summed E-state index contributed by atoms with van der Waals surface area (Å²) in [7, 11) is 1.62. The molecule has 5 heterocycles. The number of aromatic nitrogens is 3. The van der Waals surface area contributed by atoms with Gasteiger partial charge >= 0.3 is 12.2 Å². The zero-order valence-electron chi connectivity index (χ0n) is 29.9. The zero-order valence-corrected chi connectivity index (χ0v) is 29.9. The predicted molar refractivity (Wildman–Crippen MR) is 192 cm³/mol. The summed E-state index contributed by atoms with van der Waals surface area (Å²) in [5.41, 5.74) is -3.81. The average Bonchev–Trinajstić information content (AvgIpc) is 3.78. The maximum absolute atomic E-state index is 17.0. The average molecular weight is 769 g/mol. The van der Waals surface area contributed by atoms with Crippen LogP contribution in [0, 0.1) is 24.0 Å². The highest BCUT2D eigenvalue weighted by Gasteiger charge is 2.65. The van der Waals surface area contributed by atoms with Crippen LogP contribution in [0.25, 0.3) is 32.9 Å². The third-order valence-electron chi connectivity index (χ3n) is 10.9. The molecule has 0 aliphatic carbocycles. The second-order valence-electron chi connectivity index (χ2n) is 14.2. The molecule has 0 radical (unpaired) electrons. The van der Waals surface area contributed by atoms with Crippen molar-refractivity contribution < 1.29 is 45.7 Å².